The molecule has 1 atom stereocenters. The second kappa shape index (κ2) is 4.99. The first-order valence-corrected chi connectivity index (χ1v) is 5.51. The van der Waals surface area contributed by atoms with Crippen LogP contribution in [0.4, 0.5) is 0 Å². The zero-order valence-corrected chi connectivity index (χ0v) is 8.82. The minimum absolute atomic E-state index is 0.386. The zero-order valence-electron chi connectivity index (χ0n) is 8.82. The number of phenolic OH excluding ortho intramolecular Hbond substituents is 1. The van der Waals surface area contributed by atoms with Gasteiger partial charge in [0.2, 0.25) is 0 Å². The summed E-state index contributed by atoms with van der Waals surface area (Å²) in [6, 6.07) is 8.06. The molecular formula is C13H17NO. The molecule has 0 spiro atoms. The van der Waals surface area contributed by atoms with Crippen LogP contribution >= 0.6 is 0 Å². The Morgan fingerprint density at radius 3 is 2.87 bits per heavy atom. The van der Waals surface area contributed by atoms with E-state index in [0.29, 0.717) is 11.8 Å². The molecule has 0 fully saturated rings. The molecule has 1 aromatic carbocycles. The number of rotatable bonds is 3. The van der Waals surface area contributed by atoms with Gasteiger partial charge >= 0.3 is 0 Å². The number of benzene rings is 1. The highest BCUT2D eigenvalue weighted by Crippen LogP contribution is 2.17. The van der Waals surface area contributed by atoms with Gasteiger partial charge in [-0.1, -0.05) is 30.4 Å². The fourth-order valence-corrected chi connectivity index (χ4v) is 1.89. The molecule has 0 saturated heterocycles. The molecular weight excluding hydrogens is 186 g/mol. The number of hydrogen-bond acceptors (Lipinski definition) is 2. The van der Waals surface area contributed by atoms with E-state index in [0.717, 1.165) is 18.5 Å². The minimum atomic E-state index is 0.386. The van der Waals surface area contributed by atoms with Gasteiger partial charge in [-0.3, -0.25) is 0 Å². The lowest BCUT2D eigenvalue weighted by molar-refractivity contribution is 0.444. The molecule has 0 saturated carbocycles. The Kier molecular flexibility index (Phi) is 3.41. The summed E-state index contributed by atoms with van der Waals surface area (Å²) >= 11 is 0. The monoisotopic (exact) mass is 203 g/mol. The molecule has 2 N–H and O–H groups in total. The van der Waals surface area contributed by atoms with E-state index < -0.39 is 0 Å². The van der Waals surface area contributed by atoms with Crippen LogP contribution in [0.5, 0.6) is 5.75 Å². The minimum Gasteiger partial charge on any atom is -0.508 e. The first-order chi connectivity index (χ1) is 7.36. The molecule has 2 rings (SSSR count). The third-order valence-corrected chi connectivity index (χ3v) is 2.84. The number of phenols is 1. The van der Waals surface area contributed by atoms with Crippen LogP contribution in [-0.4, -0.2) is 11.1 Å². The lowest BCUT2D eigenvalue weighted by Gasteiger charge is -2.19. The highest BCUT2D eigenvalue weighted by molar-refractivity contribution is 5.31. The molecule has 1 unspecified atom stereocenters. The average Bonchev–Trinajstić information content (AvgIpc) is 2.29. The number of para-hydroxylation sites is 1. The van der Waals surface area contributed by atoms with Gasteiger partial charge in [0.15, 0.2) is 0 Å². The van der Waals surface area contributed by atoms with Crippen molar-refractivity contribution < 1.29 is 5.11 Å². The zero-order chi connectivity index (χ0) is 10.5. The molecule has 1 aliphatic rings. The number of nitrogens with one attached hydrogen (secondary N) is 1. The van der Waals surface area contributed by atoms with Crippen molar-refractivity contribution in [3.05, 3.63) is 42.0 Å². The predicted molar refractivity (Wildman–Crippen MR) is 61.7 cm³/mol. The van der Waals surface area contributed by atoms with Crippen molar-refractivity contribution in [1.82, 2.24) is 5.32 Å². The van der Waals surface area contributed by atoms with Gasteiger partial charge in [0.05, 0.1) is 0 Å². The van der Waals surface area contributed by atoms with E-state index in [-0.39, 0.29) is 0 Å². The number of hydrogen-bond donors (Lipinski definition) is 2. The van der Waals surface area contributed by atoms with Crippen molar-refractivity contribution in [2.45, 2.75) is 31.8 Å². The maximum atomic E-state index is 9.59. The van der Waals surface area contributed by atoms with Gasteiger partial charge in [0.1, 0.15) is 5.75 Å². The molecule has 80 valence electrons. The van der Waals surface area contributed by atoms with Crippen molar-refractivity contribution >= 4 is 0 Å². The highest BCUT2D eigenvalue weighted by Gasteiger charge is 2.09. The summed E-state index contributed by atoms with van der Waals surface area (Å²) in [4.78, 5) is 0. The SMILES string of the molecule is Oc1ccccc1CNC1CC=CCC1. The Labute approximate surface area is 90.6 Å². The predicted octanol–water partition coefficient (Wildman–Crippen LogP) is 2.59. The van der Waals surface area contributed by atoms with Gasteiger partial charge < -0.3 is 10.4 Å². The fourth-order valence-electron chi connectivity index (χ4n) is 1.89. The summed E-state index contributed by atoms with van der Waals surface area (Å²) in [5.41, 5.74) is 0.979. The van der Waals surface area contributed by atoms with Crippen molar-refractivity contribution in [2.24, 2.45) is 0 Å². The van der Waals surface area contributed by atoms with Crippen LogP contribution in [0.3, 0.4) is 0 Å². The fraction of sp³-hybridized carbons (Fsp3) is 0.385. The Bertz CT molecular complexity index is 346. The molecule has 0 aromatic heterocycles. The first-order valence-electron chi connectivity index (χ1n) is 5.51. The molecule has 0 amide bonds. The molecule has 1 aliphatic carbocycles. The summed E-state index contributed by atoms with van der Waals surface area (Å²) in [6.07, 6.45) is 7.93. The topological polar surface area (TPSA) is 32.3 Å². The largest absolute Gasteiger partial charge is 0.508 e. The van der Waals surface area contributed by atoms with Crippen molar-refractivity contribution in [3.8, 4) is 5.75 Å². The van der Waals surface area contributed by atoms with Gasteiger partial charge in [-0.05, 0) is 25.3 Å². The van der Waals surface area contributed by atoms with Gasteiger partial charge in [-0.25, -0.2) is 0 Å². The van der Waals surface area contributed by atoms with Gasteiger partial charge in [-0.15, -0.1) is 0 Å². The van der Waals surface area contributed by atoms with E-state index >= 15 is 0 Å². The quantitative estimate of drug-likeness (QED) is 0.740. The van der Waals surface area contributed by atoms with Crippen LogP contribution in [-0.2, 0) is 6.54 Å². The van der Waals surface area contributed by atoms with Crippen molar-refractivity contribution in [1.29, 1.82) is 0 Å². The van der Waals surface area contributed by atoms with Crippen LogP contribution in [0.15, 0.2) is 36.4 Å². The normalized spacial score (nSPS) is 20.4. The van der Waals surface area contributed by atoms with Crippen LogP contribution in [0.2, 0.25) is 0 Å². The molecule has 0 radical (unpaired) electrons. The van der Waals surface area contributed by atoms with E-state index in [2.05, 4.69) is 17.5 Å². The second-order valence-corrected chi connectivity index (χ2v) is 3.99. The molecule has 0 heterocycles. The Morgan fingerprint density at radius 1 is 1.27 bits per heavy atom. The summed E-state index contributed by atoms with van der Waals surface area (Å²) in [7, 11) is 0. The van der Waals surface area contributed by atoms with Crippen LogP contribution in [0.25, 0.3) is 0 Å². The van der Waals surface area contributed by atoms with E-state index in [4.69, 9.17) is 0 Å². The van der Waals surface area contributed by atoms with Gasteiger partial charge in [-0.2, -0.15) is 0 Å². The van der Waals surface area contributed by atoms with Gasteiger partial charge in [0, 0.05) is 18.2 Å². The summed E-state index contributed by atoms with van der Waals surface area (Å²) in [5, 5.41) is 13.1. The first kappa shape index (κ1) is 10.2. The third-order valence-electron chi connectivity index (χ3n) is 2.84. The third kappa shape index (κ3) is 2.83. The average molecular weight is 203 g/mol. The van der Waals surface area contributed by atoms with Crippen molar-refractivity contribution in [2.75, 3.05) is 0 Å². The number of allylic oxidation sites excluding steroid dienone is 1. The van der Waals surface area contributed by atoms with Gasteiger partial charge in [0.25, 0.3) is 0 Å². The highest BCUT2D eigenvalue weighted by atomic mass is 16.3. The standard InChI is InChI=1S/C13H17NO/c15-13-9-5-4-6-11(13)10-14-12-7-2-1-3-8-12/h1-2,4-6,9,12,14-15H,3,7-8,10H2. The summed E-state index contributed by atoms with van der Waals surface area (Å²) in [6.45, 7) is 0.755. The molecule has 1 aromatic rings. The Morgan fingerprint density at radius 2 is 2.13 bits per heavy atom. The lowest BCUT2D eigenvalue weighted by Crippen LogP contribution is -2.29. The summed E-state index contributed by atoms with van der Waals surface area (Å²) in [5.74, 6) is 0.386. The molecule has 2 nitrogen and oxygen atoms in total. The molecule has 0 bridgehead atoms. The van der Waals surface area contributed by atoms with Crippen LogP contribution in [0, 0.1) is 0 Å². The molecule has 2 heteroatoms. The smallest absolute Gasteiger partial charge is 0.120 e. The molecule has 0 aliphatic heterocycles. The van der Waals surface area contributed by atoms with E-state index in [1.54, 1.807) is 6.07 Å². The van der Waals surface area contributed by atoms with E-state index in [1.807, 2.05) is 18.2 Å². The van der Waals surface area contributed by atoms with E-state index in [1.165, 1.54) is 12.8 Å². The maximum Gasteiger partial charge on any atom is 0.120 e. The Hall–Kier alpha value is -1.28. The summed E-state index contributed by atoms with van der Waals surface area (Å²) < 4.78 is 0. The maximum absolute atomic E-state index is 9.59. The van der Waals surface area contributed by atoms with E-state index in [9.17, 15) is 5.11 Å². The number of aromatic hydroxyl groups is 1. The van der Waals surface area contributed by atoms with Crippen LogP contribution in [0.1, 0.15) is 24.8 Å². The molecule has 15 heavy (non-hydrogen) atoms. The van der Waals surface area contributed by atoms with Crippen molar-refractivity contribution in [3.63, 3.8) is 0 Å². The second-order valence-electron chi connectivity index (χ2n) is 3.99. The lowest BCUT2D eigenvalue weighted by atomic mass is 10.0. The Balaban J connectivity index is 1.87. The van der Waals surface area contributed by atoms with Crippen LogP contribution < -0.4 is 5.32 Å².